The standard InChI is InChI=1S/C23H28FN5O2/c1-16-15-29(13-14-31-16)20-4-2-3-19(26-20)27-22(30)17-5-6-18(24)25-21(17)28-11-9-23(7-8-23)10-12-28/h2-6,16H,7-15H2,1H3,(H,26,27,30). The van der Waals surface area contributed by atoms with E-state index >= 15 is 0 Å². The van der Waals surface area contributed by atoms with Gasteiger partial charge in [-0.05, 0) is 62.3 Å². The lowest BCUT2D eigenvalue weighted by atomic mass is 9.93. The Balaban J connectivity index is 1.33. The Morgan fingerprint density at radius 1 is 1.10 bits per heavy atom. The number of carbonyl (C=O) groups is 1. The minimum atomic E-state index is -0.570. The molecule has 2 aromatic heterocycles. The molecule has 7 nitrogen and oxygen atoms in total. The van der Waals surface area contributed by atoms with Crippen LogP contribution >= 0.6 is 0 Å². The second kappa shape index (κ2) is 8.07. The van der Waals surface area contributed by atoms with Gasteiger partial charge in [0.1, 0.15) is 17.5 Å². The second-order valence-electron chi connectivity index (χ2n) is 8.95. The van der Waals surface area contributed by atoms with Gasteiger partial charge in [0.05, 0.1) is 18.3 Å². The summed E-state index contributed by atoms with van der Waals surface area (Å²) in [7, 11) is 0. The molecule has 164 valence electrons. The monoisotopic (exact) mass is 425 g/mol. The van der Waals surface area contributed by atoms with Crippen molar-refractivity contribution in [1.82, 2.24) is 9.97 Å². The smallest absolute Gasteiger partial charge is 0.260 e. The molecule has 3 fully saturated rings. The van der Waals surface area contributed by atoms with E-state index in [9.17, 15) is 9.18 Å². The van der Waals surface area contributed by atoms with Gasteiger partial charge in [0.15, 0.2) is 0 Å². The Hall–Kier alpha value is -2.74. The van der Waals surface area contributed by atoms with Gasteiger partial charge in [-0.25, -0.2) is 9.97 Å². The third kappa shape index (κ3) is 4.35. The van der Waals surface area contributed by atoms with Gasteiger partial charge in [-0.2, -0.15) is 4.39 Å². The Bertz CT molecular complexity index is 970. The molecule has 2 aliphatic heterocycles. The van der Waals surface area contributed by atoms with Crippen LogP contribution < -0.4 is 15.1 Å². The maximum absolute atomic E-state index is 13.9. The number of carbonyl (C=O) groups excluding carboxylic acids is 1. The number of ether oxygens (including phenoxy) is 1. The zero-order valence-electron chi connectivity index (χ0n) is 17.8. The van der Waals surface area contributed by atoms with Crippen LogP contribution in [0, 0.1) is 11.4 Å². The first-order chi connectivity index (χ1) is 15.0. The molecule has 0 radical (unpaired) electrons. The molecule has 0 aromatic carbocycles. The molecule has 2 aromatic rings. The van der Waals surface area contributed by atoms with Crippen LogP contribution in [0.3, 0.4) is 0 Å². The predicted octanol–water partition coefficient (Wildman–Crippen LogP) is 3.47. The predicted molar refractivity (Wildman–Crippen MR) is 117 cm³/mol. The highest BCUT2D eigenvalue weighted by molar-refractivity contribution is 6.07. The van der Waals surface area contributed by atoms with Gasteiger partial charge in [0, 0.05) is 26.2 Å². The lowest BCUT2D eigenvalue weighted by Crippen LogP contribution is -2.41. The average molecular weight is 426 g/mol. The van der Waals surface area contributed by atoms with Gasteiger partial charge in [0.25, 0.3) is 5.91 Å². The molecular weight excluding hydrogens is 397 g/mol. The Morgan fingerprint density at radius 2 is 1.90 bits per heavy atom. The van der Waals surface area contributed by atoms with Gasteiger partial charge < -0.3 is 19.9 Å². The largest absolute Gasteiger partial charge is 0.375 e. The minimum absolute atomic E-state index is 0.140. The molecule has 1 N–H and O–H groups in total. The van der Waals surface area contributed by atoms with Crippen LogP contribution in [0.1, 0.15) is 43.0 Å². The highest BCUT2D eigenvalue weighted by Gasteiger charge is 2.44. The van der Waals surface area contributed by atoms with Crippen molar-refractivity contribution < 1.29 is 13.9 Å². The van der Waals surface area contributed by atoms with E-state index < -0.39 is 5.95 Å². The first kappa shape index (κ1) is 20.2. The first-order valence-corrected chi connectivity index (χ1v) is 11.1. The number of anilines is 3. The van der Waals surface area contributed by atoms with E-state index in [1.165, 1.54) is 25.0 Å². The number of pyridine rings is 2. The van der Waals surface area contributed by atoms with Crippen LogP contribution in [0.15, 0.2) is 30.3 Å². The van der Waals surface area contributed by atoms with E-state index in [4.69, 9.17) is 4.74 Å². The van der Waals surface area contributed by atoms with E-state index in [1.807, 2.05) is 24.0 Å². The maximum atomic E-state index is 13.9. The number of amides is 1. The molecule has 1 unspecified atom stereocenters. The highest BCUT2D eigenvalue weighted by Crippen LogP contribution is 2.53. The number of aromatic nitrogens is 2. The van der Waals surface area contributed by atoms with Crippen molar-refractivity contribution in [2.75, 3.05) is 47.9 Å². The second-order valence-corrected chi connectivity index (χ2v) is 8.95. The van der Waals surface area contributed by atoms with Crippen molar-refractivity contribution in [3.63, 3.8) is 0 Å². The zero-order chi connectivity index (χ0) is 21.4. The first-order valence-electron chi connectivity index (χ1n) is 11.1. The van der Waals surface area contributed by atoms with Crippen molar-refractivity contribution in [2.45, 2.75) is 38.7 Å². The SMILES string of the molecule is CC1CN(c2cccc(NC(=O)c3ccc(F)nc3N3CCC4(CC3)CC4)n2)CCO1. The van der Waals surface area contributed by atoms with Gasteiger partial charge in [-0.1, -0.05) is 6.07 Å². The Morgan fingerprint density at radius 3 is 2.65 bits per heavy atom. The molecule has 1 atom stereocenters. The Labute approximate surface area is 181 Å². The van der Waals surface area contributed by atoms with Crippen molar-refractivity contribution in [1.29, 1.82) is 0 Å². The quantitative estimate of drug-likeness (QED) is 0.757. The third-order valence-corrected chi connectivity index (χ3v) is 6.71. The molecular formula is C23H28FN5O2. The van der Waals surface area contributed by atoms with Crippen molar-refractivity contribution in [2.24, 2.45) is 5.41 Å². The van der Waals surface area contributed by atoms with E-state index in [-0.39, 0.29) is 12.0 Å². The topological polar surface area (TPSA) is 70.6 Å². The fourth-order valence-electron chi connectivity index (χ4n) is 4.59. The Kier molecular flexibility index (Phi) is 5.25. The minimum Gasteiger partial charge on any atom is -0.375 e. The third-order valence-electron chi connectivity index (χ3n) is 6.71. The summed E-state index contributed by atoms with van der Waals surface area (Å²) in [6, 6.07) is 8.33. The van der Waals surface area contributed by atoms with Crippen molar-refractivity contribution in [3.05, 3.63) is 41.8 Å². The van der Waals surface area contributed by atoms with E-state index in [0.29, 0.717) is 29.2 Å². The fraction of sp³-hybridized carbons (Fsp3) is 0.522. The number of hydrogen-bond acceptors (Lipinski definition) is 6. The van der Waals surface area contributed by atoms with Crippen LogP contribution in [-0.4, -0.2) is 54.8 Å². The van der Waals surface area contributed by atoms with Crippen molar-refractivity contribution >= 4 is 23.4 Å². The van der Waals surface area contributed by atoms with Gasteiger partial charge in [0.2, 0.25) is 5.95 Å². The maximum Gasteiger partial charge on any atom is 0.260 e. The number of piperidine rings is 1. The zero-order valence-corrected chi connectivity index (χ0v) is 17.8. The summed E-state index contributed by atoms with van der Waals surface area (Å²) in [5, 5.41) is 2.88. The van der Waals surface area contributed by atoms with E-state index in [1.54, 1.807) is 6.07 Å². The summed E-state index contributed by atoms with van der Waals surface area (Å²) in [6.45, 7) is 5.82. The van der Waals surface area contributed by atoms with Crippen LogP contribution in [0.25, 0.3) is 0 Å². The summed E-state index contributed by atoms with van der Waals surface area (Å²) in [5.41, 5.74) is 0.869. The van der Waals surface area contributed by atoms with Crippen LogP contribution in [0.4, 0.5) is 21.8 Å². The van der Waals surface area contributed by atoms with Crippen LogP contribution in [-0.2, 0) is 4.74 Å². The molecule has 5 rings (SSSR count). The number of rotatable bonds is 4. The lowest BCUT2D eigenvalue weighted by Gasteiger charge is -2.33. The molecule has 31 heavy (non-hydrogen) atoms. The molecule has 1 saturated carbocycles. The highest BCUT2D eigenvalue weighted by atomic mass is 19.1. The normalized spacial score (nSPS) is 22.5. The number of halogens is 1. The number of nitrogens with one attached hydrogen (secondary N) is 1. The molecule has 8 heteroatoms. The molecule has 1 aliphatic carbocycles. The summed E-state index contributed by atoms with van der Waals surface area (Å²) in [5.74, 6) is 0.795. The summed E-state index contributed by atoms with van der Waals surface area (Å²) >= 11 is 0. The average Bonchev–Trinajstić information content (AvgIpc) is 3.53. The van der Waals surface area contributed by atoms with Gasteiger partial charge in [-0.3, -0.25) is 4.79 Å². The molecule has 4 heterocycles. The van der Waals surface area contributed by atoms with Crippen molar-refractivity contribution in [3.8, 4) is 0 Å². The number of hydrogen-bond donors (Lipinski definition) is 1. The summed E-state index contributed by atoms with van der Waals surface area (Å²) in [4.78, 5) is 26.0. The van der Waals surface area contributed by atoms with E-state index in [2.05, 4.69) is 20.2 Å². The summed E-state index contributed by atoms with van der Waals surface area (Å²) in [6.07, 6.45) is 4.87. The number of nitrogens with zero attached hydrogens (tertiary/aromatic N) is 4. The lowest BCUT2D eigenvalue weighted by molar-refractivity contribution is 0.0529. The fourth-order valence-corrected chi connectivity index (χ4v) is 4.59. The number of morpholine rings is 1. The van der Waals surface area contributed by atoms with Crippen LogP contribution in [0.2, 0.25) is 0 Å². The van der Waals surface area contributed by atoms with Gasteiger partial charge in [-0.15, -0.1) is 0 Å². The van der Waals surface area contributed by atoms with Crippen LogP contribution in [0.5, 0.6) is 0 Å². The van der Waals surface area contributed by atoms with Gasteiger partial charge >= 0.3 is 0 Å². The molecule has 2 saturated heterocycles. The van der Waals surface area contributed by atoms with E-state index in [0.717, 1.165) is 44.8 Å². The molecule has 1 spiro atoms. The summed E-state index contributed by atoms with van der Waals surface area (Å²) < 4.78 is 19.5. The molecule has 3 aliphatic rings. The molecule has 1 amide bonds. The molecule has 0 bridgehead atoms.